The second-order valence-electron chi connectivity index (χ2n) is 5.18. The molecule has 1 aromatic rings. The van der Waals surface area contributed by atoms with Crippen molar-refractivity contribution in [3.05, 3.63) is 29.8 Å². The lowest BCUT2D eigenvalue weighted by atomic mass is 9.93. The van der Waals surface area contributed by atoms with Gasteiger partial charge in [0.2, 0.25) is 10.0 Å². The Balaban J connectivity index is 2.13. The van der Waals surface area contributed by atoms with Gasteiger partial charge in [0.25, 0.3) is 5.91 Å². The summed E-state index contributed by atoms with van der Waals surface area (Å²) in [7, 11) is -2.17. The molecular weight excluding hydrogens is 292 g/mol. The topological polar surface area (TPSA) is 95.5 Å². The molecule has 0 aliphatic heterocycles. The average molecular weight is 312 g/mol. The molecule has 0 unspecified atom stereocenters. The molecular formula is C14H20N2O4S. The van der Waals surface area contributed by atoms with Gasteiger partial charge in [0, 0.05) is 18.7 Å². The van der Waals surface area contributed by atoms with Crippen LogP contribution in [0.15, 0.2) is 29.2 Å². The first-order chi connectivity index (χ1) is 9.94. The van der Waals surface area contributed by atoms with Crippen LogP contribution in [0, 0.1) is 0 Å². The van der Waals surface area contributed by atoms with E-state index in [-0.39, 0.29) is 10.8 Å². The van der Waals surface area contributed by atoms with E-state index in [1.54, 1.807) is 0 Å². The van der Waals surface area contributed by atoms with Crippen LogP contribution in [0.4, 0.5) is 0 Å². The summed E-state index contributed by atoms with van der Waals surface area (Å²) in [5.74, 6) is -0.269. The number of hydrogen-bond donors (Lipinski definition) is 3. The number of carbonyl (C=O) groups is 1. The minimum Gasteiger partial charge on any atom is -0.391 e. The molecule has 116 valence electrons. The van der Waals surface area contributed by atoms with E-state index in [1.165, 1.54) is 31.3 Å². The Hall–Kier alpha value is -1.44. The molecule has 7 heteroatoms. The zero-order chi connectivity index (χ0) is 15.5. The Morgan fingerprint density at radius 1 is 1.19 bits per heavy atom. The highest BCUT2D eigenvalue weighted by molar-refractivity contribution is 7.89. The maximum absolute atomic E-state index is 12.3. The van der Waals surface area contributed by atoms with Crippen LogP contribution < -0.4 is 10.0 Å². The number of rotatable bonds is 4. The van der Waals surface area contributed by atoms with Gasteiger partial charge in [-0.2, -0.15) is 0 Å². The van der Waals surface area contributed by atoms with Gasteiger partial charge >= 0.3 is 0 Å². The molecule has 21 heavy (non-hydrogen) atoms. The smallest absolute Gasteiger partial charge is 0.251 e. The first kappa shape index (κ1) is 15.9. The van der Waals surface area contributed by atoms with Gasteiger partial charge in [-0.3, -0.25) is 4.79 Å². The number of aliphatic hydroxyl groups is 1. The SMILES string of the molecule is CNC(=O)c1ccc(S(=O)(=O)N[C@@H]2CCCC[C@H]2O)cc1. The van der Waals surface area contributed by atoms with E-state index in [0.29, 0.717) is 18.4 Å². The third-order valence-corrected chi connectivity index (χ3v) is 5.20. The normalized spacial score (nSPS) is 22.8. The van der Waals surface area contributed by atoms with Crippen LogP contribution >= 0.6 is 0 Å². The molecule has 1 amide bonds. The maximum Gasteiger partial charge on any atom is 0.251 e. The molecule has 0 bridgehead atoms. The van der Waals surface area contributed by atoms with E-state index >= 15 is 0 Å². The summed E-state index contributed by atoms with van der Waals surface area (Å²) in [6.45, 7) is 0. The Morgan fingerprint density at radius 2 is 1.81 bits per heavy atom. The molecule has 0 aromatic heterocycles. The molecule has 1 saturated carbocycles. The summed E-state index contributed by atoms with van der Waals surface area (Å²) in [6, 6.07) is 5.27. The number of benzene rings is 1. The predicted molar refractivity (Wildman–Crippen MR) is 78.4 cm³/mol. The molecule has 2 rings (SSSR count). The highest BCUT2D eigenvalue weighted by atomic mass is 32.2. The number of hydrogen-bond acceptors (Lipinski definition) is 4. The Morgan fingerprint density at radius 3 is 2.38 bits per heavy atom. The van der Waals surface area contributed by atoms with Gasteiger partial charge in [-0.1, -0.05) is 12.8 Å². The van der Waals surface area contributed by atoms with Crippen molar-refractivity contribution < 1.29 is 18.3 Å². The van der Waals surface area contributed by atoms with Crippen molar-refractivity contribution in [2.45, 2.75) is 42.7 Å². The van der Waals surface area contributed by atoms with Crippen molar-refractivity contribution in [2.75, 3.05) is 7.05 Å². The van der Waals surface area contributed by atoms with Crippen LogP contribution in [-0.4, -0.2) is 38.6 Å². The molecule has 3 N–H and O–H groups in total. The molecule has 1 aliphatic carbocycles. The summed E-state index contributed by atoms with van der Waals surface area (Å²) in [5, 5.41) is 12.3. The molecule has 2 atom stereocenters. The first-order valence-corrected chi connectivity index (χ1v) is 8.45. The summed E-state index contributed by atoms with van der Waals surface area (Å²) in [6.07, 6.45) is 2.43. The monoisotopic (exact) mass is 312 g/mol. The quantitative estimate of drug-likeness (QED) is 0.760. The van der Waals surface area contributed by atoms with E-state index in [1.807, 2.05) is 0 Å². The molecule has 0 spiro atoms. The first-order valence-electron chi connectivity index (χ1n) is 6.96. The minimum absolute atomic E-state index is 0.0907. The number of sulfonamides is 1. The Bertz CT molecular complexity index is 598. The number of amides is 1. The van der Waals surface area contributed by atoms with Gasteiger partial charge in [0.1, 0.15) is 0 Å². The second kappa shape index (κ2) is 6.55. The van der Waals surface area contributed by atoms with Crippen molar-refractivity contribution >= 4 is 15.9 Å². The van der Waals surface area contributed by atoms with E-state index < -0.39 is 22.2 Å². The van der Waals surface area contributed by atoms with E-state index in [9.17, 15) is 18.3 Å². The van der Waals surface area contributed by atoms with E-state index in [4.69, 9.17) is 0 Å². The summed E-state index contributed by atoms with van der Waals surface area (Å²) in [4.78, 5) is 11.5. The number of nitrogens with one attached hydrogen (secondary N) is 2. The van der Waals surface area contributed by atoms with Gasteiger partial charge in [0.05, 0.1) is 11.0 Å². The molecule has 0 heterocycles. The van der Waals surface area contributed by atoms with E-state index in [2.05, 4.69) is 10.0 Å². The van der Waals surface area contributed by atoms with Crippen LogP contribution in [-0.2, 0) is 10.0 Å². The van der Waals surface area contributed by atoms with Crippen molar-refractivity contribution in [3.8, 4) is 0 Å². The van der Waals surface area contributed by atoms with Crippen LogP contribution in [0.5, 0.6) is 0 Å². The summed E-state index contributed by atoms with van der Waals surface area (Å²) < 4.78 is 27.1. The standard InChI is InChI=1S/C14H20N2O4S/c1-15-14(18)10-6-8-11(9-7-10)21(19,20)16-12-4-2-3-5-13(12)17/h6-9,12-13,16-17H,2-5H2,1H3,(H,15,18)/t12-,13-/m1/s1. The van der Waals surface area contributed by atoms with Gasteiger partial charge in [-0.05, 0) is 37.1 Å². The Kier molecular flexibility index (Phi) is 4.97. The third-order valence-electron chi connectivity index (χ3n) is 3.69. The number of aliphatic hydroxyl groups excluding tert-OH is 1. The van der Waals surface area contributed by atoms with Crippen LogP contribution in [0.1, 0.15) is 36.0 Å². The highest BCUT2D eigenvalue weighted by Gasteiger charge is 2.28. The zero-order valence-electron chi connectivity index (χ0n) is 11.9. The fraction of sp³-hybridized carbons (Fsp3) is 0.500. The zero-order valence-corrected chi connectivity index (χ0v) is 12.7. The van der Waals surface area contributed by atoms with Crippen molar-refractivity contribution in [2.24, 2.45) is 0 Å². The molecule has 0 saturated heterocycles. The van der Waals surface area contributed by atoms with Gasteiger partial charge in [-0.25, -0.2) is 13.1 Å². The lowest BCUT2D eigenvalue weighted by molar-refractivity contribution is 0.0963. The predicted octanol–water partition coefficient (Wildman–Crippen LogP) is 0.628. The molecule has 1 fully saturated rings. The van der Waals surface area contributed by atoms with Crippen LogP contribution in [0.25, 0.3) is 0 Å². The molecule has 1 aromatic carbocycles. The summed E-state index contributed by atoms with van der Waals surface area (Å²) in [5.41, 5.74) is 0.397. The molecule has 1 aliphatic rings. The van der Waals surface area contributed by atoms with Gasteiger partial charge in [-0.15, -0.1) is 0 Å². The van der Waals surface area contributed by atoms with E-state index in [0.717, 1.165) is 12.8 Å². The summed E-state index contributed by atoms with van der Waals surface area (Å²) >= 11 is 0. The van der Waals surface area contributed by atoms with Crippen LogP contribution in [0.3, 0.4) is 0 Å². The Labute approximate surface area is 124 Å². The number of carbonyl (C=O) groups excluding carboxylic acids is 1. The third kappa shape index (κ3) is 3.81. The van der Waals surface area contributed by atoms with Gasteiger partial charge in [0.15, 0.2) is 0 Å². The maximum atomic E-state index is 12.3. The second-order valence-corrected chi connectivity index (χ2v) is 6.90. The lowest BCUT2D eigenvalue weighted by Gasteiger charge is -2.28. The van der Waals surface area contributed by atoms with Crippen LogP contribution in [0.2, 0.25) is 0 Å². The van der Waals surface area contributed by atoms with Gasteiger partial charge < -0.3 is 10.4 Å². The van der Waals surface area contributed by atoms with Crippen molar-refractivity contribution in [1.82, 2.24) is 10.0 Å². The largest absolute Gasteiger partial charge is 0.391 e. The fourth-order valence-electron chi connectivity index (χ4n) is 2.45. The molecule has 0 radical (unpaired) electrons. The fourth-order valence-corrected chi connectivity index (χ4v) is 3.75. The van der Waals surface area contributed by atoms with Crippen molar-refractivity contribution in [1.29, 1.82) is 0 Å². The average Bonchev–Trinajstić information content (AvgIpc) is 2.49. The minimum atomic E-state index is -3.68. The van der Waals surface area contributed by atoms with Crippen molar-refractivity contribution in [3.63, 3.8) is 0 Å². The lowest BCUT2D eigenvalue weighted by Crippen LogP contribution is -2.44. The highest BCUT2D eigenvalue weighted by Crippen LogP contribution is 2.20. The molecule has 6 nitrogen and oxygen atoms in total.